The fraction of sp³-hybridized carbons (Fsp3) is 0. The van der Waals surface area contributed by atoms with Crippen LogP contribution in [0.25, 0.3) is 0 Å². The molecule has 2 rings (SSSR count). The lowest BCUT2D eigenvalue weighted by Gasteiger charge is -2.07. The van der Waals surface area contributed by atoms with Gasteiger partial charge in [-0.3, -0.25) is 0 Å². The largest absolute Gasteiger partial charge is 0.478 e. The molecule has 0 spiro atoms. The van der Waals surface area contributed by atoms with Gasteiger partial charge in [0.25, 0.3) is 0 Å². The molecule has 0 aliphatic carbocycles. The number of halogens is 2. The minimum atomic E-state index is -1.23. The van der Waals surface area contributed by atoms with Crippen molar-refractivity contribution >= 4 is 45.3 Å². The van der Waals surface area contributed by atoms with Crippen molar-refractivity contribution in [3.63, 3.8) is 0 Å². The van der Waals surface area contributed by atoms with Crippen molar-refractivity contribution in [1.82, 2.24) is 9.97 Å². The van der Waals surface area contributed by atoms with Crippen LogP contribution in [0.5, 0.6) is 0 Å². The fourth-order valence-electron chi connectivity index (χ4n) is 1.38. The maximum Gasteiger partial charge on any atom is 0.336 e. The molecule has 0 fully saturated rings. The van der Waals surface area contributed by atoms with Crippen LogP contribution in [0.2, 0.25) is 0 Å². The summed E-state index contributed by atoms with van der Waals surface area (Å²) in [7, 11) is 0. The molecule has 0 amide bonds. The molecule has 6 nitrogen and oxygen atoms in total. The first-order chi connectivity index (χ1) is 9.38. The summed E-state index contributed by atoms with van der Waals surface area (Å²) >= 11 is 3.81. The normalized spacial score (nSPS) is 10.5. The number of carboxylic acids is 1. The van der Waals surface area contributed by atoms with Crippen molar-refractivity contribution in [2.75, 3.05) is 11.5 Å². The minimum Gasteiger partial charge on any atom is -0.478 e. The van der Waals surface area contributed by atoms with Crippen LogP contribution in [-0.4, -0.2) is 21.0 Å². The Balaban J connectivity index is 2.39. The third-order valence-electron chi connectivity index (χ3n) is 2.22. The first kappa shape index (κ1) is 14.5. The van der Waals surface area contributed by atoms with E-state index in [2.05, 4.69) is 25.9 Å². The van der Waals surface area contributed by atoms with Crippen LogP contribution in [0.4, 0.5) is 16.0 Å². The number of nitrogen functional groups attached to an aromatic ring is 2. The Labute approximate surface area is 125 Å². The second kappa shape index (κ2) is 5.63. The average molecular weight is 359 g/mol. The zero-order valence-electron chi connectivity index (χ0n) is 9.80. The number of carbonyl (C=O) groups is 1. The molecule has 0 radical (unpaired) electrons. The van der Waals surface area contributed by atoms with Crippen molar-refractivity contribution in [3.05, 3.63) is 34.1 Å². The van der Waals surface area contributed by atoms with Crippen LogP contribution in [0.1, 0.15) is 10.4 Å². The van der Waals surface area contributed by atoms with E-state index in [1.165, 1.54) is 18.2 Å². The van der Waals surface area contributed by atoms with E-state index in [-0.39, 0.29) is 31.7 Å². The maximum absolute atomic E-state index is 14.1. The number of rotatable bonds is 3. The van der Waals surface area contributed by atoms with Crippen LogP contribution in [0.15, 0.2) is 32.7 Å². The van der Waals surface area contributed by atoms with E-state index in [0.717, 1.165) is 11.8 Å². The van der Waals surface area contributed by atoms with Crippen LogP contribution < -0.4 is 11.5 Å². The second-order valence-electron chi connectivity index (χ2n) is 3.65. The van der Waals surface area contributed by atoms with E-state index in [0.29, 0.717) is 0 Å². The molecule has 0 aliphatic rings. The Morgan fingerprint density at radius 2 is 1.90 bits per heavy atom. The third-order valence-corrected chi connectivity index (χ3v) is 3.90. The van der Waals surface area contributed by atoms with Gasteiger partial charge in [-0.25, -0.2) is 19.2 Å². The summed E-state index contributed by atoms with van der Waals surface area (Å²) in [6.45, 7) is 0. The van der Waals surface area contributed by atoms with E-state index in [1.54, 1.807) is 0 Å². The number of carboxylic acid groups (broad SMARTS) is 1. The van der Waals surface area contributed by atoms with E-state index in [9.17, 15) is 9.18 Å². The number of nitrogens with zero attached hydrogens (tertiary/aromatic N) is 2. The highest BCUT2D eigenvalue weighted by Gasteiger charge is 2.17. The summed E-state index contributed by atoms with van der Waals surface area (Å²) in [6.07, 6.45) is 0. The van der Waals surface area contributed by atoms with Crippen LogP contribution in [0, 0.1) is 5.82 Å². The topological polar surface area (TPSA) is 115 Å². The summed E-state index contributed by atoms with van der Waals surface area (Å²) < 4.78 is 13.9. The van der Waals surface area contributed by atoms with E-state index in [1.807, 2.05) is 0 Å². The highest BCUT2D eigenvalue weighted by atomic mass is 79.9. The molecule has 1 aromatic carbocycles. The van der Waals surface area contributed by atoms with Gasteiger partial charge in [0.05, 0.1) is 14.9 Å². The second-order valence-corrected chi connectivity index (χ2v) is 5.45. The monoisotopic (exact) mass is 358 g/mol. The van der Waals surface area contributed by atoms with Gasteiger partial charge in [-0.1, -0.05) is 0 Å². The molecule has 0 atom stereocenters. The van der Waals surface area contributed by atoms with Crippen molar-refractivity contribution in [2.45, 2.75) is 10.1 Å². The number of hydrogen-bond acceptors (Lipinski definition) is 6. The zero-order valence-corrected chi connectivity index (χ0v) is 12.2. The van der Waals surface area contributed by atoms with Gasteiger partial charge in [0.1, 0.15) is 11.6 Å². The number of aromatic carboxylic acids is 1. The molecule has 104 valence electrons. The summed E-state index contributed by atoms with van der Waals surface area (Å²) in [6, 6.07) is 3.99. The Morgan fingerprint density at radius 3 is 2.45 bits per heavy atom. The van der Waals surface area contributed by atoms with Crippen LogP contribution >= 0.6 is 27.7 Å². The van der Waals surface area contributed by atoms with Gasteiger partial charge in [0, 0.05) is 6.07 Å². The van der Waals surface area contributed by atoms with E-state index < -0.39 is 11.8 Å². The summed E-state index contributed by atoms with van der Waals surface area (Å²) in [5, 5.41) is 9.06. The molecule has 9 heteroatoms. The van der Waals surface area contributed by atoms with Crippen molar-refractivity contribution in [2.24, 2.45) is 0 Å². The number of nitrogens with two attached hydrogens (primary N) is 2. The highest BCUT2D eigenvalue weighted by molar-refractivity contribution is 9.10. The van der Waals surface area contributed by atoms with Gasteiger partial charge in [0.2, 0.25) is 0 Å². The lowest BCUT2D eigenvalue weighted by Crippen LogP contribution is -2.01. The van der Waals surface area contributed by atoms with Crippen molar-refractivity contribution in [3.8, 4) is 0 Å². The van der Waals surface area contributed by atoms with Crippen LogP contribution in [-0.2, 0) is 0 Å². The van der Waals surface area contributed by atoms with Crippen LogP contribution in [0.3, 0.4) is 0 Å². The predicted octanol–water partition coefficient (Wildman–Crippen LogP) is 2.39. The molecule has 1 heterocycles. The van der Waals surface area contributed by atoms with E-state index in [4.69, 9.17) is 16.6 Å². The molecule has 2 aromatic rings. The van der Waals surface area contributed by atoms with Crippen molar-refractivity contribution in [1.29, 1.82) is 0 Å². The average Bonchev–Trinajstić information content (AvgIpc) is 2.33. The lowest BCUT2D eigenvalue weighted by atomic mass is 10.2. The number of benzene rings is 1. The molecule has 5 N–H and O–H groups in total. The number of anilines is 2. The fourth-order valence-corrected chi connectivity index (χ4v) is 2.85. The molecule has 0 bridgehead atoms. The van der Waals surface area contributed by atoms with Gasteiger partial charge in [-0.2, -0.15) is 0 Å². The van der Waals surface area contributed by atoms with Gasteiger partial charge in [-0.05, 0) is 39.8 Å². The number of aromatic nitrogens is 2. The number of hydrogen-bond donors (Lipinski definition) is 3. The quantitative estimate of drug-likeness (QED) is 0.721. The first-order valence-electron chi connectivity index (χ1n) is 5.17. The Hall–Kier alpha value is -1.87. The van der Waals surface area contributed by atoms with E-state index >= 15 is 0 Å². The standard InChI is InChI=1S/C11H8BrFN4O2S/c12-8-4(10(18)19)1-2-5(9(8)13)20-11-16-6(14)3-7(15)17-11/h1-3H,(H,18,19)(H4,14,15,16,17). The molecular formula is C11H8BrFN4O2S. The Kier molecular flexibility index (Phi) is 4.09. The summed E-state index contributed by atoms with van der Waals surface area (Å²) in [4.78, 5) is 18.8. The Bertz CT molecular complexity index is 678. The maximum atomic E-state index is 14.1. The van der Waals surface area contributed by atoms with Gasteiger partial charge < -0.3 is 16.6 Å². The zero-order chi connectivity index (χ0) is 14.9. The molecule has 1 aromatic heterocycles. The Morgan fingerprint density at radius 1 is 1.30 bits per heavy atom. The lowest BCUT2D eigenvalue weighted by molar-refractivity contribution is 0.0695. The SMILES string of the molecule is Nc1cc(N)nc(Sc2ccc(C(=O)O)c(Br)c2F)n1. The first-order valence-corrected chi connectivity index (χ1v) is 6.78. The summed E-state index contributed by atoms with van der Waals surface area (Å²) in [5.74, 6) is -1.60. The molecular weight excluding hydrogens is 351 g/mol. The highest BCUT2D eigenvalue weighted by Crippen LogP contribution is 2.33. The molecule has 20 heavy (non-hydrogen) atoms. The smallest absolute Gasteiger partial charge is 0.336 e. The van der Waals surface area contributed by atoms with Gasteiger partial charge in [-0.15, -0.1) is 0 Å². The predicted molar refractivity (Wildman–Crippen MR) is 76.0 cm³/mol. The molecule has 0 aliphatic heterocycles. The molecule has 0 saturated heterocycles. The minimum absolute atomic E-state index is 0.133. The van der Waals surface area contributed by atoms with Crippen molar-refractivity contribution < 1.29 is 14.3 Å². The van der Waals surface area contributed by atoms with Gasteiger partial charge >= 0.3 is 5.97 Å². The molecule has 0 unspecified atom stereocenters. The third kappa shape index (κ3) is 2.99. The molecule has 0 saturated carbocycles. The van der Waals surface area contributed by atoms with Gasteiger partial charge in [0.15, 0.2) is 11.0 Å². The summed E-state index contributed by atoms with van der Waals surface area (Å²) in [5.41, 5.74) is 10.9.